The molecular formula is C22H28FN3O3. The molecule has 2 fully saturated rings. The van der Waals surface area contributed by atoms with Crippen LogP contribution in [0.4, 0.5) is 10.1 Å². The van der Waals surface area contributed by atoms with Gasteiger partial charge in [-0.1, -0.05) is 6.92 Å². The number of rotatable bonds is 6. The monoisotopic (exact) mass is 401 g/mol. The smallest absolute Gasteiger partial charge is 0.341 e. The molecule has 0 amide bonds. The highest BCUT2D eigenvalue weighted by atomic mass is 19.1. The second-order valence-corrected chi connectivity index (χ2v) is 8.37. The number of nitrogens with zero attached hydrogens (tertiary/aromatic N) is 2. The van der Waals surface area contributed by atoms with Gasteiger partial charge in [-0.2, -0.15) is 0 Å². The van der Waals surface area contributed by atoms with Gasteiger partial charge in [-0.05, 0) is 68.7 Å². The maximum absolute atomic E-state index is 15.2. The van der Waals surface area contributed by atoms with Crippen molar-refractivity contribution in [1.29, 1.82) is 0 Å². The summed E-state index contributed by atoms with van der Waals surface area (Å²) in [6, 6.07) is 1.90. The number of carbonyl (C=O) groups is 1. The fraction of sp³-hybridized carbons (Fsp3) is 0.545. The molecule has 2 aromatic rings. The lowest BCUT2D eigenvalue weighted by atomic mass is 9.97. The fourth-order valence-electron chi connectivity index (χ4n) is 4.98. The van der Waals surface area contributed by atoms with Crippen LogP contribution in [0.1, 0.15) is 60.0 Å². The van der Waals surface area contributed by atoms with E-state index in [1.165, 1.54) is 16.7 Å². The summed E-state index contributed by atoms with van der Waals surface area (Å²) in [5.41, 5.74) is 1.81. The highest BCUT2D eigenvalue weighted by molar-refractivity contribution is 5.89. The predicted octanol–water partition coefficient (Wildman–Crippen LogP) is 3.15. The van der Waals surface area contributed by atoms with E-state index in [4.69, 9.17) is 0 Å². The van der Waals surface area contributed by atoms with E-state index in [9.17, 15) is 14.7 Å². The maximum atomic E-state index is 15.2. The number of aromatic nitrogens is 1. The van der Waals surface area contributed by atoms with Crippen LogP contribution >= 0.6 is 0 Å². The highest BCUT2D eigenvalue weighted by Crippen LogP contribution is 2.44. The van der Waals surface area contributed by atoms with E-state index in [1.54, 1.807) is 0 Å². The number of carboxylic acids is 1. The molecule has 0 aromatic carbocycles. The van der Waals surface area contributed by atoms with Gasteiger partial charge in [0, 0.05) is 19.1 Å². The third-order valence-electron chi connectivity index (χ3n) is 6.61. The summed E-state index contributed by atoms with van der Waals surface area (Å²) in [7, 11) is 1.97. The quantitative estimate of drug-likeness (QED) is 0.778. The number of halogens is 1. The summed E-state index contributed by atoms with van der Waals surface area (Å²) in [6.45, 7) is 5.54. The Bertz CT molecular complexity index is 1020. The lowest BCUT2D eigenvalue weighted by Crippen LogP contribution is -2.35. The summed E-state index contributed by atoms with van der Waals surface area (Å²) < 4.78 is 16.4. The van der Waals surface area contributed by atoms with Gasteiger partial charge in [-0.25, -0.2) is 9.18 Å². The Kier molecular flexibility index (Phi) is 5.11. The van der Waals surface area contributed by atoms with Gasteiger partial charge in [-0.3, -0.25) is 9.20 Å². The van der Waals surface area contributed by atoms with Gasteiger partial charge in [0.05, 0.1) is 17.4 Å². The molecule has 2 unspecified atom stereocenters. The molecule has 29 heavy (non-hydrogen) atoms. The van der Waals surface area contributed by atoms with Crippen LogP contribution in [0.15, 0.2) is 17.1 Å². The third-order valence-corrected chi connectivity index (χ3v) is 6.61. The molecule has 156 valence electrons. The molecule has 2 atom stereocenters. The van der Waals surface area contributed by atoms with Crippen molar-refractivity contribution in [2.24, 2.45) is 5.92 Å². The number of pyridine rings is 2. The van der Waals surface area contributed by atoms with Crippen LogP contribution in [0, 0.1) is 18.7 Å². The van der Waals surface area contributed by atoms with Crippen LogP contribution in [0.2, 0.25) is 0 Å². The summed E-state index contributed by atoms with van der Waals surface area (Å²) in [6.07, 6.45) is 5.12. The van der Waals surface area contributed by atoms with Crippen molar-refractivity contribution >= 4 is 17.2 Å². The van der Waals surface area contributed by atoms with Crippen molar-refractivity contribution in [3.8, 4) is 0 Å². The first kappa shape index (κ1) is 19.9. The molecule has 0 bridgehead atoms. The fourth-order valence-corrected chi connectivity index (χ4v) is 4.98. The minimum atomic E-state index is -1.27. The van der Waals surface area contributed by atoms with Crippen molar-refractivity contribution in [3.05, 3.63) is 45.1 Å². The van der Waals surface area contributed by atoms with E-state index in [-0.39, 0.29) is 11.5 Å². The van der Waals surface area contributed by atoms with Crippen LogP contribution < -0.4 is 15.8 Å². The van der Waals surface area contributed by atoms with E-state index in [1.807, 2.05) is 14.0 Å². The first-order valence-corrected chi connectivity index (χ1v) is 10.4. The minimum absolute atomic E-state index is 0.237. The Morgan fingerprint density at radius 2 is 2.10 bits per heavy atom. The van der Waals surface area contributed by atoms with E-state index < -0.39 is 17.3 Å². The van der Waals surface area contributed by atoms with E-state index in [2.05, 4.69) is 17.1 Å². The van der Waals surface area contributed by atoms with Gasteiger partial charge < -0.3 is 15.3 Å². The van der Waals surface area contributed by atoms with Crippen molar-refractivity contribution in [2.45, 2.75) is 51.5 Å². The molecule has 7 heteroatoms. The molecule has 3 heterocycles. The summed E-state index contributed by atoms with van der Waals surface area (Å²) in [5.74, 6) is -1.06. The van der Waals surface area contributed by atoms with Crippen molar-refractivity contribution in [1.82, 2.24) is 9.72 Å². The standard InChI is InChI=1S/C22H28FN3O3/c1-4-18(24-3)14-7-8-25(10-14)20-12(2)19-15(13-5-6-13)9-16(22(28)29)21(27)26(19)11-17(20)23/h9,11,13-14,18,24H,4-8,10H2,1-3H3,(H,28,29). The van der Waals surface area contributed by atoms with E-state index in [0.29, 0.717) is 23.2 Å². The first-order valence-electron chi connectivity index (χ1n) is 10.4. The number of anilines is 1. The van der Waals surface area contributed by atoms with Crippen molar-refractivity contribution < 1.29 is 14.3 Å². The van der Waals surface area contributed by atoms with Crippen LogP contribution in [0.3, 0.4) is 0 Å². The Balaban J connectivity index is 1.85. The highest BCUT2D eigenvalue weighted by Gasteiger charge is 2.33. The van der Waals surface area contributed by atoms with Gasteiger partial charge in [0.2, 0.25) is 0 Å². The molecule has 6 nitrogen and oxygen atoms in total. The summed E-state index contributed by atoms with van der Waals surface area (Å²) >= 11 is 0. The van der Waals surface area contributed by atoms with Crippen LogP contribution in [-0.2, 0) is 0 Å². The number of fused-ring (bicyclic) bond motifs is 1. The number of carboxylic acid groups (broad SMARTS) is 1. The van der Waals surface area contributed by atoms with Crippen molar-refractivity contribution in [3.63, 3.8) is 0 Å². The average molecular weight is 401 g/mol. The van der Waals surface area contributed by atoms with E-state index >= 15 is 4.39 Å². The molecule has 1 saturated heterocycles. The molecule has 1 saturated carbocycles. The average Bonchev–Trinajstić information content (AvgIpc) is 3.42. The van der Waals surface area contributed by atoms with Crippen LogP contribution in [0.5, 0.6) is 0 Å². The lowest BCUT2D eigenvalue weighted by Gasteiger charge is -2.26. The van der Waals surface area contributed by atoms with E-state index in [0.717, 1.165) is 49.9 Å². The van der Waals surface area contributed by atoms with Gasteiger partial charge in [0.25, 0.3) is 5.56 Å². The SMILES string of the molecule is CCC(NC)C1CCN(c2c(F)cn3c(=O)c(C(=O)O)cc(C4CC4)c3c2C)C1. The number of nitrogens with one attached hydrogen (secondary N) is 1. The van der Waals surface area contributed by atoms with Crippen LogP contribution in [-0.4, -0.2) is 41.7 Å². The zero-order valence-corrected chi connectivity index (χ0v) is 17.2. The zero-order chi connectivity index (χ0) is 20.9. The minimum Gasteiger partial charge on any atom is -0.477 e. The third kappa shape index (κ3) is 3.31. The molecule has 0 radical (unpaired) electrons. The number of aromatic carboxylic acids is 1. The Labute approximate surface area is 169 Å². The maximum Gasteiger partial charge on any atom is 0.341 e. The van der Waals surface area contributed by atoms with Gasteiger partial charge >= 0.3 is 5.97 Å². The number of hydrogen-bond donors (Lipinski definition) is 2. The van der Waals surface area contributed by atoms with Gasteiger partial charge in [0.15, 0.2) is 5.82 Å². The van der Waals surface area contributed by atoms with Crippen LogP contribution in [0.25, 0.3) is 5.52 Å². The summed E-state index contributed by atoms with van der Waals surface area (Å²) in [4.78, 5) is 26.3. The van der Waals surface area contributed by atoms with Gasteiger partial charge in [-0.15, -0.1) is 0 Å². The summed E-state index contributed by atoms with van der Waals surface area (Å²) in [5, 5.41) is 12.8. The number of aryl methyl sites for hydroxylation is 1. The first-order chi connectivity index (χ1) is 13.9. The molecule has 2 N–H and O–H groups in total. The second-order valence-electron chi connectivity index (χ2n) is 8.37. The van der Waals surface area contributed by atoms with Crippen molar-refractivity contribution in [2.75, 3.05) is 25.0 Å². The molecule has 2 aromatic heterocycles. The predicted molar refractivity (Wildman–Crippen MR) is 111 cm³/mol. The Hall–Kier alpha value is -2.41. The number of hydrogen-bond acceptors (Lipinski definition) is 4. The molecule has 1 aliphatic heterocycles. The molecule has 2 aliphatic rings. The zero-order valence-electron chi connectivity index (χ0n) is 17.2. The largest absolute Gasteiger partial charge is 0.477 e. The molecule has 1 aliphatic carbocycles. The molecular weight excluding hydrogens is 373 g/mol. The Morgan fingerprint density at radius 3 is 2.69 bits per heavy atom. The van der Waals surface area contributed by atoms with Gasteiger partial charge in [0.1, 0.15) is 5.56 Å². The molecule has 4 rings (SSSR count). The molecule has 0 spiro atoms. The normalized spacial score (nSPS) is 20.4. The lowest BCUT2D eigenvalue weighted by molar-refractivity contribution is 0.0694. The Morgan fingerprint density at radius 1 is 1.38 bits per heavy atom. The topological polar surface area (TPSA) is 74.0 Å². The second kappa shape index (κ2) is 7.44.